The number of aromatic amines is 1. The SMILES string of the molecule is O=C(CNC(=O)c1cn[nH]c1-c1ccsc1)NCc1ccco1. The van der Waals surface area contributed by atoms with Crippen molar-refractivity contribution in [1.82, 2.24) is 20.8 Å². The van der Waals surface area contributed by atoms with Crippen LogP contribution in [0, 0.1) is 0 Å². The molecule has 0 atom stereocenters. The highest BCUT2D eigenvalue weighted by Crippen LogP contribution is 2.23. The molecule has 0 aliphatic heterocycles. The monoisotopic (exact) mass is 330 g/mol. The van der Waals surface area contributed by atoms with Crippen LogP contribution in [0.25, 0.3) is 11.3 Å². The normalized spacial score (nSPS) is 10.4. The van der Waals surface area contributed by atoms with Gasteiger partial charge in [0.2, 0.25) is 5.91 Å². The molecule has 0 radical (unpaired) electrons. The molecule has 7 nitrogen and oxygen atoms in total. The van der Waals surface area contributed by atoms with Crippen molar-refractivity contribution < 1.29 is 14.0 Å². The third kappa shape index (κ3) is 3.67. The van der Waals surface area contributed by atoms with Crippen molar-refractivity contribution in [3.05, 3.63) is 52.7 Å². The molecule has 0 bridgehead atoms. The van der Waals surface area contributed by atoms with E-state index in [2.05, 4.69) is 20.8 Å². The van der Waals surface area contributed by atoms with Crippen molar-refractivity contribution in [2.75, 3.05) is 6.54 Å². The number of nitrogens with zero attached hydrogens (tertiary/aromatic N) is 1. The predicted octanol–water partition coefficient (Wildman–Crippen LogP) is 1.78. The highest BCUT2D eigenvalue weighted by Gasteiger charge is 2.16. The first-order valence-electron chi connectivity index (χ1n) is 6.87. The molecular weight excluding hydrogens is 316 g/mol. The summed E-state index contributed by atoms with van der Waals surface area (Å²) in [5, 5.41) is 15.8. The molecule has 3 aromatic heterocycles. The van der Waals surface area contributed by atoms with E-state index in [1.807, 2.05) is 16.8 Å². The van der Waals surface area contributed by atoms with Gasteiger partial charge in [0.1, 0.15) is 5.76 Å². The lowest BCUT2D eigenvalue weighted by Crippen LogP contribution is -2.36. The summed E-state index contributed by atoms with van der Waals surface area (Å²) in [6, 6.07) is 5.40. The Bertz CT molecular complexity index is 778. The number of aromatic nitrogens is 2. The Hall–Kier alpha value is -2.87. The van der Waals surface area contributed by atoms with E-state index in [4.69, 9.17) is 4.42 Å². The maximum Gasteiger partial charge on any atom is 0.255 e. The molecule has 3 aromatic rings. The topological polar surface area (TPSA) is 100 Å². The highest BCUT2D eigenvalue weighted by molar-refractivity contribution is 7.08. The molecule has 0 aliphatic rings. The summed E-state index contributed by atoms with van der Waals surface area (Å²) in [6.45, 7) is 0.168. The molecule has 8 heteroatoms. The van der Waals surface area contributed by atoms with E-state index in [0.717, 1.165) is 5.56 Å². The lowest BCUT2D eigenvalue weighted by Gasteiger charge is -2.06. The van der Waals surface area contributed by atoms with Crippen molar-refractivity contribution in [1.29, 1.82) is 0 Å². The Morgan fingerprint density at radius 2 is 2.22 bits per heavy atom. The molecule has 3 rings (SSSR count). The van der Waals surface area contributed by atoms with Crippen LogP contribution >= 0.6 is 11.3 Å². The summed E-state index contributed by atoms with van der Waals surface area (Å²) >= 11 is 1.53. The van der Waals surface area contributed by atoms with Gasteiger partial charge in [-0.1, -0.05) is 0 Å². The molecule has 0 spiro atoms. The zero-order valence-corrected chi connectivity index (χ0v) is 12.9. The summed E-state index contributed by atoms with van der Waals surface area (Å²) in [4.78, 5) is 23.9. The van der Waals surface area contributed by atoms with Crippen LogP contribution in [0.15, 0.2) is 45.8 Å². The van der Waals surface area contributed by atoms with Crippen LogP contribution < -0.4 is 10.6 Å². The van der Waals surface area contributed by atoms with Crippen molar-refractivity contribution >= 4 is 23.2 Å². The molecule has 0 saturated carbocycles. The second kappa shape index (κ2) is 6.93. The first-order valence-corrected chi connectivity index (χ1v) is 7.81. The average molecular weight is 330 g/mol. The number of rotatable bonds is 6. The third-order valence-electron chi connectivity index (χ3n) is 3.14. The number of furan rings is 1. The van der Waals surface area contributed by atoms with Crippen LogP contribution in [0.5, 0.6) is 0 Å². The number of nitrogens with one attached hydrogen (secondary N) is 3. The summed E-state index contributed by atoms with van der Waals surface area (Å²) in [5.41, 5.74) is 1.93. The number of H-pyrrole nitrogens is 1. The fourth-order valence-corrected chi connectivity index (χ4v) is 2.65. The number of carbonyl (C=O) groups is 2. The van der Waals surface area contributed by atoms with Gasteiger partial charge < -0.3 is 15.1 Å². The Balaban J connectivity index is 1.54. The second-order valence-corrected chi connectivity index (χ2v) is 5.49. The van der Waals surface area contributed by atoms with E-state index in [1.165, 1.54) is 23.8 Å². The van der Waals surface area contributed by atoms with Crippen molar-refractivity contribution in [2.45, 2.75) is 6.54 Å². The van der Waals surface area contributed by atoms with E-state index in [1.54, 1.807) is 12.1 Å². The zero-order valence-electron chi connectivity index (χ0n) is 12.0. The van der Waals surface area contributed by atoms with Gasteiger partial charge in [0, 0.05) is 10.9 Å². The smallest absolute Gasteiger partial charge is 0.255 e. The van der Waals surface area contributed by atoms with Crippen LogP contribution in [0.1, 0.15) is 16.1 Å². The fourth-order valence-electron chi connectivity index (χ4n) is 2.00. The molecule has 0 aromatic carbocycles. The lowest BCUT2D eigenvalue weighted by atomic mass is 10.1. The van der Waals surface area contributed by atoms with E-state index in [0.29, 0.717) is 17.0 Å². The van der Waals surface area contributed by atoms with Crippen molar-refractivity contribution in [2.24, 2.45) is 0 Å². The number of amides is 2. The van der Waals surface area contributed by atoms with Crippen LogP contribution in [-0.4, -0.2) is 28.6 Å². The standard InChI is InChI=1S/C15H14N4O3S/c20-13(16-6-11-2-1-4-22-11)8-17-15(21)12-7-18-19-14(12)10-3-5-23-9-10/h1-5,7,9H,6,8H2,(H,16,20)(H,17,21)(H,18,19). The van der Waals surface area contributed by atoms with Gasteiger partial charge in [0.15, 0.2) is 0 Å². The predicted molar refractivity (Wildman–Crippen MR) is 84.8 cm³/mol. The van der Waals surface area contributed by atoms with Crippen LogP contribution in [0.2, 0.25) is 0 Å². The van der Waals surface area contributed by atoms with Gasteiger partial charge in [-0.25, -0.2) is 0 Å². The molecule has 3 N–H and O–H groups in total. The number of thiophene rings is 1. The largest absolute Gasteiger partial charge is 0.467 e. The molecular formula is C15H14N4O3S. The fraction of sp³-hybridized carbons (Fsp3) is 0.133. The Kier molecular flexibility index (Phi) is 4.53. The Morgan fingerprint density at radius 1 is 1.30 bits per heavy atom. The van der Waals surface area contributed by atoms with Gasteiger partial charge in [0.05, 0.1) is 36.8 Å². The van der Waals surface area contributed by atoms with Crippen LogP contribution in [0.3, 0.4) is 0 Å². The lowest BCUT2D eigenvalue weighted by molar-refractivity contribution is -0.120. The van der Waals surface area contributed by atoms with Crippen molar-refractivity contribution in [3.63, 3.8) is 0 Å². The van der Waals surface area contributed by atoms with Crippen molar-refractivity contribution in [3.8, 4) is 11.3 Å². The number of carbonyl (C=O) groups excluding carboxylic acids is 2. The van der Waals surface area contributed by atoms with E-state index in [9.17, 15) is 9.59 Å². The first kappa shape index (κ1) is 15.0. The molecule has 0 unspecified atom stereocenters. The van der Waals surface area contributed by atoms with E-state index < -0.39 is 0 Å². The van der Waals surface area contributed by atoms with Gasteiger partial charge in [-0.05, 0) is 23.6 Å². The van der Waals surface area contributed by atoms with Gasteiger partial charge >= 0.3 is 0 Å². The first-order chi connectivity index (χ1) is 11.2. The van der Waals surface area contributed by atoms with Gasteiger partial charge in [-0.15, -0.1) is 0 Å². The minimum atomic E-state index is -0.354. The number of hydrogen-bond acceptors (Lipinski definition) is 5. The highest BCUT2D eigenvalue weighted by atomic mass is 32.1. The summed E-state index contributed by atoms with van der Waals surface area (Å²) in [5.74, 6) is 0.00248. The quantitative estimate of drug-likeness (QED) is 0.641. The minimum Gasteiger partial charge on any atom is -0.467 e. The minimum absolute atomic E-state index is 0.117. The molecule has 0 saturated heterocycles. The molecule has 0 aliphatic carbocycles. The van der Waals surface area contributed by atoms with Crippen LogP contribution in [-0.2, 0) is 11.3 Å². The number of hydrogen-bond donors (Lipinski definition) is 3. The molecule has 0 fully saturated rings. The third-order valence-corrected chi connectivity index (χ3v) is 3.83. The molecule has 118 valence electrons. The maximum atomic E-state index is 12.2. The summed E-state index contributed by atoms with van der Waals surface area (Å²) < 4.78 is 5.11. The van der Waals surface area contributed by atoms with E-state index in [-0.39, 0.29) is 24.9 Å². The summed E-state index contributed by atoms with van der Waals surface area (Å²) in [7, 11) is 0. The van der Waals surface area contributed by atoms with Crippen LogP contribution in [0.4, 0.5) is 0 Å². The molecule has 2 amide bonds. The average Bonchev–Trinajstić information content (AvgIpc) is 3.31. The Labute approximate surface area is 135 Å². The second-order valence-electron chi connectivity index (χ2n) is 4.71. The van der Waals surface area contributed by atoms with Gasteiger partial charge in [-0.2, -0.15) is 16.4 Å². The Morgan fingerprint density at radius 3 is 2.96 bits per heavy atom. The summed E-state index contributed by atoms with van der Waals surface area (Å²) in [6.07, 6.45) is 2.98. The molecule has 3 heterocycles. The van der Waals surface area contributed by atoms with E-state index >= 15 is 0 Å². The molecule has 23 heavy (non-hydrogen) atoms. The van der Waals surface area contributed by atoms with Gasteiger partial charge in [-0.3, -0.25) is 14.7 Å². The zero-order chi connectivity index (χ0) is 16.1. The van der Waals surface area contributed by atoms with Gasteiger partial charge in [0.25, 0.3) is 5.91 Å². The maximum absolute atomic E-state index is 12.2.